The summed E-state index contributed by atoms with van der Waals surface area (Å²) in [5, 5.41) is 11.3. The fourth-order valence-corrected chi connectivity index (χ4v) is 4.14. The van der Waals surface area contributed by atoms with E-state index in [1.54, 1.807) is 29.7 Å². The molecule has 8 nitrogen and oxygen atoms in total. The highest BCUT2D eigenvalue weighted by molar-refractivity contribution is 6.46. The van der Waals surface area contributed by atoms with Gasteiger partial charge in [-0.3, -0.25) is 14.0 Å². The van der Waals surface area contributed by atoms with Crippen molar-refractivity contribution < 1.29 is 19.1 Å². The van der Waals surface area contributed by atoms with Crippen molar-refractivity contribution in [2.24, 2.45) is 0 Å². The predicted octanol–water partition coefficient (Wildman–Crippen LogP) is 2.92. The molecule has 0 saturated carbocycles. The number of carbonyl (C=O) groups is 2. The molecule has 1 amide bonds. The number of aliphatic hydroxyl groups excluding tert-OH is 1. The predicted molar refractivity (Wildman–Crippen MR) is 116 cm³/mol. The Morgan fingerprint density at radius 2 is 2.00 bits per heavy atom. The Morgan fingerprint density at radius 1 is 1.23 bits per heavy atom. The van der Waals surface area contributed by atoms with Crippen molar-refractivity contribution in [3.63, 3.8) is 0 Å². The number of carbonyl (C=O) groups excluding carboxylic acids is 2. The van der Waals surface area contributed by atoms with Gasteiger partial charge in [0, 0.05) is 12.7 Å². The molecule has 1 fully saturated rings. The van der Waals surface area contributed by atoms with Gasteiger partial charge in [-0.1, -0.05) is 6.07 Å². The van der Waals surface area contributed by atoms with Crippen LogP contribution in [0, 0.1) is 13.8 Å². The molecule has 8 heteroatoms. The van der Waals surface area contributed by atoms with Crippen molar-refractivity contribution in [1.82, 2.24) is 19.2 Å². The molecule has 0 aromatic carbocycles. The molecule has 4 heterocycles. The molecule has 4 rings (SSSR count). The summed E-state index contributed by atoms with van der Waals surface area (Å²) in [4.78, 5) is 34.1. The molecule has 0 spiro atoms. The first kappa shape index (κ1) is 20.9. The molecule has 1 N–H and O–H groups in total. The molecule has 0 aliphatic carbocycles. The lowest BCUT2D eigenvalue weighted by Crippen LogP contribution is -2.32. The molecule has 1 aliphatic heterocycles. The van der Waals surface area contributed by atoms with Crippen LogP contribution in [0.1, 0.15) is 35.2 Å². The number of ketones is 1. The number of aromatic nitrogens is 2. The summed E-state index contributed by atoms with van der Waals surface area (Å²) in [6, 6.07) is 6.42. The Kier molecular flexibility index (Phi) is 5.41. The van der Waals surface area contributed by atoms with Crippen molar-refractivity contribution >= 4 is 23.1 Å². The number of hydrogen-bond acceptors (Lipinski definition) is 6. The van der Waals surface area contributed by atoms with Crippen molar-refractivity contribution in [2.45, 2.75) is 26.3 Å². The SMILES string of the molecule is Cc1nc2c(C)cccn2c1C(O)=C1C(=O)C(=O)N(CCCN(C)C)[C@@H]1c1ccco1. The van der Waals surface area contributed by atoms with E-state index in [-0.39, 0.29) is 11.3 Å². The summed E-state index contributed by atoms with van der Waals surface area (Å²) in [7, 11) is 3.90. The minimum absolute atomic E-state index is 0.0243. The molecule has 162 valence electrons. The monoisotopic (exact) mass is 422 g/mol. The van der Waals surface area contributed by atoms with E-state index in [4.69, 9.17) is 4.42 Å². The first-order valence-electron chi connectivity index (χ1n) is 10.2. The Bertz CT molecular complexity index is 1170. The van der Waals surface area contributed by atoms with Gasteiger partial charge in [-0.05, 0) is 64.7 Å². The van der Waals surface area contributed by atoms with E-state index >= 15 is 0 Å². The number of rotatable bonds is 6. The average Bonchev–Trinajstić information content (AvgIpc) is 3.41. The van der Waals surface area contributed by atoms with E-state index in [1.165, 1.54) is 11.2 Å². The Morgan fingerprint density at radius 3 is 2.68 bits per heavy atom. The van der Waals surface area contributed by atoms with E-state index in [2.05, 4.69) is 4.98 Å². The second kappa shape index (κ2) is 8.03. The van der Waals surface area contributed by atoms with Gasteiger partial charge in [0.25, 0.3) is 11.7 Å². The average molecular weight is 422 g/mol. The van der Waals surface area contributed by atoms with Crippen molar-refractivity contribution in [3.05, 3.63) is 65.0 Å². The minimum Gasteiger partial charge on any atom is -0.505 e. The summed E-state index contributed by atoms with van der Waals surface area (Å²) in [6.45, 7) is 4.84. The first-order valence-corrected chi connectivity index (χ1v) is 10.2. The first-order chi connectivity index (χ1) is 14.8. The van der Waals surface area contributed by atoms with Gasteiger partial charge in [0.15, 0.2) is 5.76 Å². The number of aryl methyl sites for hydroxylation is 2. The molecular weight excluding hydrogens is 396 g/mol. The van der Waals surface area contributed by atoms with Gasteiger partial charge in [-0.25, -0.2) is 4.98 Å². The van der Waals surface area contributed by atoms with E-state index in [0.29, 0.717) is 35.8 Å². The van der Waals surface area contributed by atoms with Gasteiger partial charge in [0.05, 0.1) is 17.5 Å². The number of fused-ring (bicyclic) bond motifs is 1. The number of nitrogens with zero attached hydrogens (tertiary/aromatic N) is 4. The fraction of sp³-hybridized carbons (Fsp3) is 0.348. The van der Waals surface area contributed by atoms with Gasteiger partial charge in [0.2, 0.25) is 0 Å². The molecular formula is C23H26N4O4. The lowest BCUT2D eigenvalue weighted by molar-refractivity contribution is -0.140. The number of imidazole rings is 1. The summed E-state index contributed by atoms with van der Waals surface area (Å²) >= 11 is 0. The molecule has 0 unspecified atom stereocenters. The summed E-state index contributed by atoms with van der Waals surface area (Å²) < 4.78 is 7.33. The fourth-order valence-electron chi connectivity index (χ4n) is 4.14. The van der Waals surface area contributed by atoms with Crippen LogP contribution in [0.4, 0.5) is 0 Å². The van der Waals surface area contributed by atoms with Gasteiger partial charge in [-0.2, -0.15) is 0 Å². The quantitative estimate of drug-likeness (QED) is 0.373. The van der Waals surface area contributed by atoms with Gasteiger partial charge in [-0.15, -0.1) is 0 Å². The highest BCUT2D eigenvalue weighted by Gasteiger charge is 2.47. The molecule has 0 radical (unpaired) electrons. The van der Waals surface area contributed by atoms with E-state index in [0.717, 1.165) is 12.1 Å². The number of hydrogen-bond donors (Lipinski definition) is 1. The maximum Gasteiger partial charge on any atom is 0.295 e. The van der Waals surface area contributed by atoms with Crippen LogP contribution in [0.15, 0.2) is 46.7 Å². The molecule has 3 aromatic heterocycles. The van der Waals surface area contributed by atoms with Gasteiger partial charge in [0.1, 0.15) is 23.1 Å². The summed E-state index contributed by atoms with van der Waals surface area (Å²) in [6.07, 6.45) is 3.97. The van der Waals surface area contributed by atoms with Crippen LogP contribution in [0.25, 0.3) is 11.4 Å². The lowest BCUT2D eigenvalue weighted by atomic mass is 10.0. The zero-order chi connectivity index (χ0) is 22.3. The third-order valence-electron chi connectivity index (χ3n) is 5.60. The molecule has 1 aliphatic rings. The molecule has 31 heavy (non-hydrogen) atoms. The van der Waals surface area contributed by atoms with E-state index in [1.807, 2.05) is 38.1 Å². The van der Waals surface area contributed by atoms with E-state index in [9.17, 15) is 14.7 Å². The van der Waals surface area contributed by atoms with Gasteiger partial charge >= 0.3 is 0 Å². The van der Waals surface area contributed by atoms with Crippen LogP contribution in [0.5, 0.6) is 0 Å². The molecule has 0 bridgehead atoms. The number of Topliss-reactive ketones (excluding diaryl/α,β-unsaturated/α-hetero) is 1. The van der Waals surface area contributed by atoms with Crippen molar-refractivity contribution in [2.75, 3.05) is 27.2 Å². The number of furan rings is 1. The van der Waals surface area contributed by atoms with Crippen LogP contribution in [-0.2, 0) is 9.59 Å². The maximum atomic E-state index is 13.1. The minimum atomic E-state index is -0.785. The normalized spacial score (nSPS) is 18.6. The molecule has 1 saturated heterocycles. The third kappa shape index (κ3) is 3.53. The highest BCUT2D eigenvalue weighted by atomic mass is 16.3. The number of amides is 1. The Labute approximate surface area is 180 Å². The summed E-state index contributed by atoms with van der Waals surface area (Å²) in [5.74, 6) is -1.16. The number of likely N-dealkylation sites (tertiary alicyclic amines) is 1. The number of aliphatic hydroxyl groups is 1. The molecule has 1 atom stereocenters. The lowest BCUT2D eigenvalue weighted by Gasteiger charge is -2.24. The van der Waals surface area contributed by atoms with Gasteiger partial charge < -0.3 is 19.3 Å². The van der Waals surface area contributed by atoms with Crippen LogP contribution in [0.3, 0.4) is 0 Å². The maximum absolute atomic E-state index is 13.1. The number of pyridine rings is 1. The molecule has 3 aromatic rings. The third-order valence-corrected chi connectivity index (χ3v) is 5.60. The van der Waals surface area contributed by atoms with Crippen LogP contribution < -0.4 is 0 Å². The topological polar surface area (TPSA) is 91.3 Å². The summed E-state index contributed by atoms with van der Waals surface area (Å²) in [5.41, 5.74) is 2.63. The second-order valence-electron chi connectivity index (χ2n) is 8.10. The van der Waals surface area contributed by atoms with Crippen molar-refractivity contribution in [1.29, 1.82) is 0 Å². The highest BCUT2D eigenvalue weighted by Crippen LogP contribution is 2.40. The standard InChI is InChI=1S/C23H26N4O4/c1-14-8-5-11-26-18(15(2)24-22(14)26)20(28)17-19(16-9-6-13-31-16)27(23(30)21(17)29)12-7-10-25(3)4/h5-6,8-9,11,13,19,28H,7,10,12H2,1-4H3/t19-/m1/s1. The van der Waals surface area contributed by atoms with Crippen LogP contribution >= 0.6 is 0 Å². The van der Waals surface area contributed by atoms with E-state index < -0.39 is 17.7 Å². The zero-order valence-electron chi connectivity index (χ0n) is 18.1. The Balaban J connectivity index is 1.86. The van der Waals surface area contributed by atoms with Crippen LogP contribution in [0.2, 0.25) is 0 Å². The largest absolute Gasteiger partial charge is 0.505 e. The second-order valence-corrected chi connectivity index (χ2v) is 8.10. The zero-order valence-corrected chi connectivity index (χ0v) is 18.1. The van der Waals surface area contributed by atoms with Crippen LogP contribution in [-0.4, -0.2) is 63.2 Å². The smallest absolute Gasteiger partial charge is 0.295 e. The Hall–Kier alpha value is -3.39. The van der Waals surface area contributed by atoms with Crippen molar-refractivity contribution in [3.8, 4) is 0 Å².